The topological polar surface area (TPSA) is 74.7 Å². The molecule has 0 fully saturated rings. The molecule has 2 aromatic carbocycles. The van der Waals surface area contributed by atoms with E-state index >= 15 is 0 Å². The molecule has 1 aliphatic rings. The number of rotatable bonds is 4. The van der Waals surface area contributed by atoms with Crippen LogP contribution in [-0.2, 0) is 14.8 Å². The van der Waals surface area contributed by atoms with Crippen molar-refractivity contribution in [1.82, 2.24) is 4.31 Å². The molecular weight excluding hydrogens is 350 g/mol. The van der Waals surface area contributed by atoms with E-state index in [1.807, 2.05) is 38.1 Å². The van der Waals surface area contributed by atoms with Crippen molar-refractivity contribution < 1.29 is 18.3 Å². The monoisotopic (exact) mass is 371 g/mol. The maximum absolute atomic E-state index is 13.2. The summed E-state index contributed by atoms with van der Waals surface area (Å²) in [6.07, 6.45) is 1.95. The van der Waals surface area contributed by atoms with Gasteiger partial charge in [-0.1, -0.05) is 53.6 Å². The zero-order chi connectivity index (χ0) is 18.9. The van der Waals surface area contributed by atoms with Gasteiger partial charge in [0.1, 0.15) is 0 Å². The van der Waals surface area contributed by atoms with Crippen LogP contribution in [0.3, 0.4) is 0 Å². The second kappa shape index (κ2) is 7.05. The van der Waals surface area contributed by atoms with Crippen molar-refractivity contribution in [2.24, 2.45) is 0 Å². The lowest BCUT2D eigenvalue weighted by molar-refractivity contribution is -0.133. The molecule has 0 bridgehead atoms. The Morgan fingerprint density at radius 1 is 1.08 bits per heavy atom. The summed E-state index contributed by atoms with van der Waals surface area (Å²) in [5.41, 5.74) is 2.96. The van der Waals surface area contributed by atoms with Gasteiger partial charge in [-0.05, 0) is 38.0 Å². The number of carboxylic acids is 1. The van der Waals surface area contributed by atoms with Gasteiger partial charge in [-0.25, -0.2) is 13.2 Å². The standard InChI is InChI=1S/C20H21NO4S/c1-14-6-9-18(10-7-14)26(24,25)21-13-17(20(22)23)8-11-19(21)16-5-3-4-15(2)12-16/h3-10,12,19H,11,13H2,1-2H3,(H,22,23). The predicted molar refractivity (Wildman–Crippen MR) is 99.3 cm³/mol. The van der Waals surface area contributed by atoms with Gasteiger partial charge in [0.2, 0.25) is 10.0 Å². The van der Waals surface area contributed by atoms with E-state index < -0.39 is 22.0 Å². The minimum absolute atomic E-state index is 0.101. The number of aryl methyl sites for hydroxylation is 2. The van der Waals surface area contributed by atoms with Crippen molar-refractivity contribution >= 4 is 16.0 Å². The molecule has 0 spiro atoms. The average Bonchev–Trinajstić information content (AvgIpc) is 2.61. The summed E-state index contributed by atoms with van der Waals surface area (Å²) in [6.45, 7) is 3.69. The Labute approximate surface area is 153 Å². The summed E-state index contributed by atoms with van der Waals surface area (Å²) < 4.78 is 27.8. The summed E-state index contributed by atoms with van der Waals surface area (Å²) in [5.74, 6) is -1.09. The van der Waals surface area contributed by atoms with Crippen molar-refractivity contribution in [2.45, 2.75) is 31.2 Å². The van der Waals surface area contributed by atoms with Crippen molar-refractivity contribution in [3.63, 3.8) is 0 Å². The van der Waals surface area contributed by atoms with E-state index in [1.54, 1.807) is 30.3 Å². The Kier molecular flexibility index (Phi) is 4.98. The number of sulfonamides is 1. The second-order valence-corrected chi connectivity index (χ2v) is 8.45. The van der Waals surface area contributed by atoms with Crippen LogP contribution in [0.5, 0.6) is 0 Å². The molecule has 0 saturated carbocycles. The fourth-order valence-corrected chi connectivity index (χ4v) is 4.75. The first-order valence-corrected chi connectivity index (χ1v) is 9.80. The number of nitrogens with zero attached hydrogens (tertiary/aromatic N) is 1. The normalized spacial score (nSPS) is 18.4. The van der Waals surface area contributed by atoms with Crippen LogP contribution >= 0.6 is 0 Å². The van der Waals surface area contributed by atoms with Crippen molar-refractivity contribution in [3.05, 3.63) is 76.9 Å². The van der Waals surface area contributed by atoms with Crippen LogP contribution in [-0.4, -0.2) is 30.3 Å². The Balaban J connectivity index is 2.08. The highest BCUT2D eigenvalue weighted by atomic mass is 32.2. The van der Waals surface area contributed by atoms with E-state index in [2.05, 4.69) is 0 Å². The molecule has 1 N–H and O–H groups in total. The molecule has 3 rings (SSSR count). The second-order valence-electron chi connectivity index (χ2n) is 6.56. The number of hydrogen-bond donors (Lipinski definition) is 1. The number of benzene rings is 2. The minimum Gasteiger partial charge on any atom is -0.478 e. The molecule has 0 saturated heterocycles. The first-order valence-electron chi connectivity index (χ1n) is 8.36. The molecule has 2 aromatic rings. The number of carbonyl (C=O) groups is 1. The molecule has 1 heterocycles. The minimum atomic E-state index is -3.83. The zero-order valence-corrected chi connectivity index (χ0v) is 15.5. The molecule has 5 nitrogen and oxygen atoms in total. The Morgan fingerprint density at radius 3 is 2.38 bits per heavy atom. The van der Waals surface area contributed by atoms with Gasteiger partial charge in [0.05, 0.1) is 10.9 Å². The summed E-state index contributed by atoms with van der Waals surface area (Å²) in [6, 6.07) is 13.9. The number of hydrogen-bond acceptors (Lipinski definition) is 3. The molecule has 0 aromatic heterocycles. The maximum atomic E-state index is 13.2. The molecule has 0 radical (unpaired) electrons. The van der Waals surface area contributed by atoms with Crippen LogP contribution in [0.4, 0.5) is 0 Å². The third kappa shape index (κ3) is 3.57. The van der Waals surface area contributed by atoms with Gasteiger partial charge in [0.15, 0.2) is 0 Å². The van der Waals surface area contributed by atoms with Gasteiger partial charge < -0.3 is 5.11 Å². The van der Waals surface area contributed by atoms with E-state index in [0.29, 0.717) is 6.42 Å². The summed E-state index contributed by atoms with van der Waals surface area (Å²) in [7, 11) is -3.83. The van der Waals surface area contributed by atoms with E-state index in [4.69, 9.17) is 0 Å². The lowest BCUT2D eigenvalue weighted by Gasteiger charge is -2.34. The molecule has 0 aliphatic carbocycles. The van der Waals surface area contributed by atoms with Gasteiger partial charge in [0.25, 0.3) is 0 Å². The van der Waals surface area contributed by atoms with Crippen LogP contribution < -0.4 is 0 Å². The van der Waals surface area contributed by atoms with Crippen LogP contribution in [0.1, 0.15) is 29.2 Å². The highest BCUT2D eigenvalue weighted by molar-refractivity contribution is 7.89. The van der Waals surface area contributed by atoms with E-state index in [0.717, 1.165) is 16.7 Å². The van der Waals surface area contributed by atoms with Crippen molar-refractivity contribution in [2.75, 3.05) is 6.54 Å². The molecule has 6 heteroatoms. The maximum Gasteiger partial charge on any atom is 0.332 e. The average molecular weight is 371 g/mol. The van der Waals surface area contributed by atoms with Gasteiger partial charge >= 0.3 is 5.97 Å². The van der Waals surface area contributed by atoms with Gasteiger partial charge in [0, 0.05) is 12.1 Å². The quantitative estimate of drug-likeness (QED) is 0.893. The summed E-state index contributed by atoms with van der Waals surface area (Å²) in [5, 5.41) is 9.34. The molecule has 1 aliphatic heterocycles. The highest BCUT2D eigenvalue weighted by Gasteiger charge is 2.36. The molecule has 0 amide bonds. The largest absolute Gasteiger partial charge is 0.478 e. The van der Waals surface area contributed by atoms with Crippen LogP contribution in [0.2, 0.25) is 0 Å². The Bertz CT molecular complexity index is 962. The Hall–Kier alpha value is -2.44. The first-order chi connectivity index (χ1) is 12.3. The fourth-order valence-electron chi connectivity index (χ4n) is 3.15. The smallest absolute Gasteiger partial charge is 0.332 e. The van der Waals surface area contributed by atoms with Gasteiger partial charge in [-0.15, -0.1) is 0 Å². The lowest BCUT2D eigenvalue weighted by Crippen LogP contribution is -2.39. The number of carboxylic acid groups (broad SMARTS) is 1. The Morgan fingerprint density at radius 2 is 1.77 bits per heavy atom. The number of aliphatic carboxylic acids is 1. The van der Waals surface area contributed by atoms with E-state index in [1.165, 1.54) is 4.31 Å². The van der Waals surface area contributed by atoms with E-state index in [9.17, 15) is 18.3 Å². The van der Waals surface area contributed by atoms with Crippen molar-refractivity contribution in [1.29, 1.82) is 0 Å². The SMILES string of the molecule is Cc1ccc(S(=O)(=O)N2CC(C(=O)O)=CCC2c2cccc(C)c2)cc1. The molecular formula is C20H21NO4S. The zero-order valence-electron chi connectivity index (χ0n) is 14.7. The van der Waals surface area contributed by atoms with Crippen molar-refractivity contribution in [3.8, 4) is 0 Å². The van der Waals surface area contributed by atoms with Crippen LogP contribution in [0.25, 0.3) is 0 Å². The van der Waals surface area contributed by atoms with Gasteiger partial charge in [-0.3, -0.25) is 0 Å². The lowest BCUT2D eigenvalue weighted by atomic mass is 9.97. The predicted octanol–water partition coefficient (Wildman–Crippen LogP) is 3.45. The molecule has 1 atom stereocenters. The third-order valence-corrected chi connectivity index (χ3v) is 6.46. The summed E-state index contributed by atoms with van der Waals surface area (Å²) in [4.78, 5) is 11.6. The highest BCUT2D eigenvalue weighted by Crippen LogP contribution is 2.35. The third-order valence-electron chi connectivity index (χ3n) is 4.59. The molecule has 136 valence electrons. The summed E-state index contributed by atoms with van der Waals surface area (Å²) >= 11 is 0. The molecule has 26 heavy (non-hydrogen) atoms. The van der Waals surface area contributed by atoms with Crippen LogP contribution in [0, 0.1) is 13.8 Å². The molecule has 1 unspecified atom stereocenters. The van der Waals surface area contributed by atoms with Gasteiger partial charge in [-0.2, -0.15) is 4.31 Å². The van der Waals surface area contributed by atoms with E-state index in [-0.39, 0.29) is 17.0 Å². The fraction of sp³-hybridized carbons (Fsp3) is 0.250. The van der Waals surface area contributed by atoms with Crippen LogP contribution in [0.15, 0.2) is 65.1 Å². The first kappa shape index (κ1) is 18.4.